The SMILES string of the molecule is CN1C(=O)N(CC2COC2)C2(CC3(CCC(NC(=O)NCC4C5CCC54)CC3)C2)C1=O. The lowest BCUT2D eigenvalue weighted by atomic mass is 9.51. The number of nitrogens with one attached hydrogen (secondary N) is 2. The van der Waals surface area contributed by atoms with Crippen LogP contribution in [0.25, 0.3) is 0 Å². The average Bonchev–Trinajstić information content (AvgIpc) is 3.14. The predicted molar refractivity (Wildman–Crippen MR) is 112 cm³/mol. The van der Waals surface area contributed by atoms with Gasteiger partial charge in [0.05, 0.1) is 13.2 Å². The normalized spacial score (nSPS) is 43.4. The molecule has 5 amide bonds. The summed E-state index contributed by atoms with van der Waals surface area (Å²) in [5.74, 6) is 2.83. The first-order valence-corrected chi connectivity index (χ1v) is 12.1. The van der Waals surface area contributed by atoms with E-state index in [0.717, 1.165) is 62.8 Å². The molecule has 0 bridgehead atoms. The quantitative estimate of drug-likeness (QED) is 0.652. The minimum atomic E-state index is -0.636. The number of hydrogen-bond acceptors (Lipinski definition) is 4. The fourth-order valence-corrected chi connectivity index (χ4v) is 7.29. The molecule has 2 aliphatic heterocycles. The third kappa shape index (κ3) is 3.00. The minimum Gasteiger partial charge on any atom is -0.381 e. The average molecular weight is 431 g/mol. The number of nitrogens with zero attached hydrogens (tertiary/aromatic N) is 2. The van der Waals surface area contributed by atoms with Gasteiger partial charge in [-0.25, -0.2) is 9.59 Å². The van der Waals surface area contributed by atoms with Crippen LogP contribution in [0.15, 0.2) is 0 Å². The molecule has 2 spiro atoms. The van der Waals surface area contributed by atoms with E-state index >= 15 is 0 Å². The number of urea groups is 2. The molecule has 2 atom stereocenters. The summed E-state index contributed by atoms with van der Waals surface area (Å²) in [4.78, 5) is 41.2. The molecule has 4 aliphatic carbocycles. The van der Waals surface area contributed by atoms with Crippen LogP contribution in [-0.4, -0.2) is 72.7 Å². The summed E-state index contributed by atoms with van der Waals surface area (Å²) < 4.78 is 5.28. The molecule has 0 radical (unpaired) electrons. The second-order valence-electron chi connectivity index (χ2n) is 11.2. The van der Waals surface area contributed by atoms with Crippen molar-refractivity contribution in [2.75, 3.05) is 33.4 Å². The summed E-state index contributed by atoms with van der Waals surface area (Å²) in [5.41, 5.74) is -0.500. The number of ether oxygens (including phenoxy) is 1. The Balaban J connectivity index is 1.01. The Labute approximate surface area is 183 Å². The van der Waals surface area contributed by atoms with Crippen molar-refractivity contribution < 1.29 is 19.1 Å². The van der Waals surface area contributed by atoms with E-state index in [1.165, 1.54) is 17.7 Å². The van der Waals surface area contributed by atoms with Crippen molar-refractivity contribution in [2.24, 2.45) is 29.1 Å². The first kappa shape index (κ1) is 19.8. The molecule has 6 rings (SSSR count). The third-order valence-electron chi connectivity index (χ3n) is 9.44. The molecule has 4 saturated carbocycles. The van der Waals surface area contributed by atoms with Gasteiger partial charge in [-0.2, -0.15) is 0 Å². The van der Waals surface area contributed by atoms with Crippen LogP contribution in [0.4, 0.5) is 9.59 Å². The smallest absolute Gasteiger partial charge is 0.327 e. The van der Waals surface area contributed by atoms with Crippen LogP contribution in [0.1, 0.15) is 51.4 Å². The summed E-state index contributed by atoms with van der Waals surface area (Å²) in [5, 5.41) is 6.25. The van der Waals surface area contributed by atoms with Crippen molar-refractivity contribution in [3.8, 4) is 0 Å². The van der Waals surface area contributed by atoms with Gasteiger partial charge in [0, 0.05) is 32.1 Å². The Morgan fingerprint density at radius 2 is 1.77 bits per heavy atom. The van der Waals surface area contributed by atoms with Crippen LogP contribution < -0.4 is 10.6 Å². The Hall–Kier alpha value is -1.83. The molecule has 170 valence electrons. The molecule has 6 aliphatic rings. The van der Waals surface area contributed by atoms with Crippen molar-refractivity contribution in [2.45, 2.75) is 62.9 Å². The van der Waals surface area contributed by atoms with Gasteiger partial charge in [0.15, 0.2) is 0 Å². The Morgan fingerprint density at radius 3 is 2.35 bits per heavy atom. The highest BCUT2D eigenvalue weighted by molar-refractivity contribution is 6.07. The highest BCUT2D eigenvalue weighted by Crippen LogP contribution is 2.62. The van der Waals surface area contributed by atoms with Gasteiger partial charge in [-0.05, 0) is 74.5 Å². The Morgan fingerprint density at radius 1 is 1.10 bits per heavy atom. The van der Waals surface area contributed by atoms with Gasteiger partial charge in [-0.15, -0.1) is 0 Å². The standard InChI is InChI=1S/C23H34N4O4/c1-26-19(28)23(27(21(26)30)9-14-10-31-11-14)12-22(13-23)6-4-15(5-7-22)25-20(29)24-8-18-16-2-3-17(16)18/h14-18H,2-13H2,1H3,(H2,24,25,29). The van der Waals surface area contributed by atoms with E-state index in [-0.39, 0.29) is 29.4 Å². The zero-order chi connectivity index (χ0) is 21.4. The number of imide groups is 1. The van der Waals surface area contributed by atoms with E-state index in [1.54, 1.807) is 7.05 Å². The fraction of sp³-hybridized carbons (Fsp3) is 0.870. The first-order chi connectivity index (χ1) is 14.9. The van der Waals surface area contributed by atoms with Crippen molar-refractivity contribution in [1.82, 2.24) is 20.4 Å². The maximum atomic E-state index is 13.0. The number of carbonyl (C=O) groups is 3. The zero-order valence-corrected chi connectivity index (χ0v) is 18.4. The van der Waals surface area contributed by atoms with Gasteiger partial charge in [0.25, 0.3) is 5.91 Å². The Kier molecular flexibility index (Phi) is 4.37. The van der Waals surface area contributed by atoms with E-state index in [1.807, 2.05) is 4.90 Å². The van der Waals surface area contributed by atoms with E-state index in [9.17, 15) is 14.4 Å². The molecule has 0 aromatic carbocycles. The molecule has 2 unspecified atom stereocenters. The molecule has 31 heavy (non-hydrogen) atoms. The second-order valence-corrected chi connectivity index (χ2v) is 11.2. The topological polar surface area (TPSA) is 91.0 Å². The molecule has 8 nitrogen and oxygen atoms in total. The van der Waals surface area contributed by atoms with Crippen LogP contribution in [0.5, 0.6) is 0 Å². The van der Waals surface area contributed by atoms with E-state index < -0.39 is 5.54 Å². The molecule has 0 aromatic heterocycles. The van der Waals surface area contributed by atoms with E-state index in [0.29, 0.717) is 25.7 Å². The van der Waals surface area contributed by atoms with E-state index in [4.69, 9.17) is 4.74 Å². The fourth-order valence-electron chi connectivity index (χ4n) is 7.29. The highest BCUT2D eigenvalue weighted by Gasteiger charge is 2.68. The van der Waals surface area contributed by atoms with Gasteiger partial charge in [0.2, 0.25) is 0 Å². The van der Waals surface area contributed by atoms with Crippen molar-refractivity contribution >= 4 is 18.0 Å². The first-order valence-electron chi connectivity index (χ1n) is 12.1. The molecule has 2 saturated heterocycles. The number of fused-ring (bicyclic) bond motifs is 1. The summed E-state index contributed by atoms with van der Waals surface area (Å²) in [6, 6.07) is 0.0391. The molecule has 8 heteroatoms. The molecular weight excluding hydrogens is 396 g/mol. The summed E-state index contributed by atoms with van der Waals surface area (Å²) in [7, 11) is 1.61. The molecule has 2 heterocycles. The molecule has 0 aromatic rings. The van der Waals surface area contributed by atoms with Crippen molar-refractivity contribution in [1.29, 1.82) is 0 Å². The predicted octanol–water partition coefficient (Wildman–Crippen LogP) is 1.94. The summed E-state index contributed by atoms with van der Waals surface area (Å²) >= 11 is 0. The number of hydrogen-bond donors (Lipinski definition) is 2. The van der Waals surface area contributed by atoms with Gasteiger partial charge < -0.3 is 20.3 Å². The third-order valence-corrected chi connectivity index (χ3v) is 9.44. The molecule has 2 N–H and O–H groups in total. The zero-order valence-electron chi connectivity index (χ0n) is 18.4. The lowest BCUT2D eigenvalue weighted by Gasteiger charge is -2.58. The van der Waals surface area contributed by atoms with Gasteiger partial charge in [-0.1, -0.05) is 0 Å². The minimum absolute atomic E-state index is 0.0237. The molecule has 6 fully saturated rings. The van der Waals surface area contributed by atoms with Crippen LogP contribution in [0, 0.1) is 29.1 Å². The number of likely N-dealkylation sites (N-methyl/N-ethyl adjacent to an activating group) is 1. The van der Waals surface area contributed by atoms with Crippen LogP contribution in [0.3, 0.4) is 0 Å². The van der Waals surface area contributed by atoms with Crippen molar-refractivity contribution in [3.05, 3.63) is 0 Å². The number of amides is 5. The maximum Gasteiger partial charge on any atom is 0.327 e. The lowest BCUT2D eigenvalue weighted by molar-refractivity contribution is -0.152. The van der Waals surface area contributed by atoms with Gasteiger partial charge >= 0.3 is 12.1 Å². The van der Waals surface area contributed by atoms with Crippen LogP contribution >= 0.6 is 0 Å². The van der Waals surface area contributed by atoms with Crippen LogP contribution in [-0.2, 0) is 9.53 Å². The second kappa shape index (κ2) is 6.83. The highest BCUT2D eigenvalue weighted by atomic mass is 16.5. The molecular formula is C23H34N4O4. The summed E-state index contributed by atoms with van der Waals surface area (Å²) in [6.07, 6.45) is 8.16. The lowest BCUT2D eigenvalue weighted by Crippen LogP contribution is -2.65. The largest absolute Gasteiger partial charge is 0.381 e. The maximum absolute atomic E-state index is 13.0. The monoisotopic (exact) mass is 430 g/mol. The van der Waals surface area contributed by atoms with Crippen molar-refractivity contribution in [3.63, 3.8) is 0 Å². The van der Waals surface area contributed by atoms with E-state index in [2.05, 4.69) is 10.6 Å². The number of carbonyl (C=O) groups excluding carboxylic acids is 3. The van der Waals surface area contributed by atoms with Gasteiger partial charge in [0.1, 0.15) is 5.54 Å². The summed E-state index contributed by atoms with van der Waals surface area (Å²) in [6.45, 7) is 2.81. The Bertz CT molecular complexity index is 785. The van der Waals surface area contributed by atoms with Crippen LogP contribution in [0.2, 0.25) is 0 Å². The number of rotatable bonds is 5. The van der Waals surface area contributed by atoms with Gasteiger partial charge in [-0.3, -0.25) is 9.69 Å².